The molecule has 0 fully saturated rings. The zero-order valence-corrected chi connectivity index (χ0v) is 16.2. The van der Waals surface area contributed by atoms with Crippen LogP contribution in [-0.4, -0.2) is 34.4 Å². The van der Waals surface area contributed by atoms with Crippen LogP contribution in [0.3, 0.4) is 0 Å². The topological polar surface area (TPSA) is 87.6 Å². The van der Waals surface area contributed by atoms with Crippen molar-refractivity contribution in [3.8, 4) is 0 Å². The summed E-state index contributed by atoms with van der Waals surface area (Å²) in [5, 5.41) is 21.7. The molecule has 0 radical (unpaired) electrons. The fourth-order valence-electron chi connectivity index (χ4n) is 2.98. The van der Waals surface area contributed by atoms with E-state index in [1.165, 1.54) is 0 Å². The number of guanidine groups is 1. The third-order valence-electron chi connectivity index (χ3n) is 4.54. The molecule has 0 aromatic carbocycles. The lowest BCUT2D eigenvalue weighted by molar-refractivity contribution is 0.0602. The molecule has 2 rings (SSSR count). The SMILES string of the molecule is CN=C(NCc1c(C)nn(C)c1C)NCC(C)(O)c1cc(C)oc1C. The fraction of sp³-hybridized carbons (Fsp3) is 0.556. The normalized spacial score (nSPS) is 14.5. The average Bonchev–Trinajstić information content (AvgIpc) is 3.00. The van der Waals surface area contributed by atoms with Crippen molar-refractivity contribution in [1.29, 1.82) is 0 Å². The van der Waals surface area contributed by atoms with Gasteiger partial charge in [0, 0.05) is 37.5 Å². The Bertz CT molecular complexity index is 771. The molecular formula is C18H29N5O2. The molecule has 0 saturated carbocycles. The third kappa shape index (κ3) is 4.22. The van der Waals surface area contributed by atoms with Crippen molar-refractivity contribution < 1.29 is 9.52 Å². The van der Waals surface area contributed by atoms with Gasteiger partial charge >= 0.3 is 0 Å². The Balaban J connectivity index is 1.99. The van der Waals surface area contributed by atoms with Crippen LogP contribution in [0.2, 0.25) is 0 Å². The number of aliphatic imine (C=N–C) groups is 1. The van der Waals surface area contributed by atoms with E-state index < -0.39 is 5.60 Å². The summed E-state index contributed by atoms with van der Waals surface area (Å²) >= 11 is 0. The van der Waals surface area contributed by atoms with Crippen molar-refractivity contribution >= 4 is 5.96 Å². The summed E-state index contributed by atoms with van der Waals surface area (Å²) in [6.07, 6.45) is 0. The number of aryl methyl sites for hydroxylation is 4. The molecule has 0 aliphatic rings. The van der Waals surface area contributed by atoms with Gasteiger partial charge in [-0.25, -0.2) is 0 Å². The van der Waals surface area contributed by atoms with Crippen molar-refractivity contribution in [3.05, 3.63) is 40.1 Å². The highest BCUT2D eigenvalue weighted by Crippen LogP contribution is 2.26. The summed E-state index contributed by atoms with van der Waals surface area (Å²) in [5.41, 5.74) is 3.00. The summed E-state index contributed by atoms with van der Waals surface area (Å²) in [5.74, 6) is 2.15. The van der Waals surface area contributed by atoms with E-state index in [4.69, 9.17) is 4.42 Å². The monoisotopic (exact) mass is 347 g/mol. The molecule has 0 bridgehead atoms. The van der Waals surface area contributed by atoms with Crippen LogP contribution in [0.5, 0.6) is 0 Å². The maximum atomic E-state index is 10.8. The molecule has 0 aliphatic carbocycles. The molecule has 138 valence electrons. The molecule has 1 atom stereocenters. The number of nitrogens with one attached hydrogen (secondary N) is 2. The lowest BCUT2D eigenvalue weighted by atomic mass is 9.96. The first kappa shape index (κ1) is 19.1. The van der Waals surface area contributed by atoms with Crippen molar-refractivity contribution in [2.24, 2.45) is 12.0 Å². The Hall–Kier alpha value is -2.28. The van der Waals surface area contributed by atoms with Gasteiger partial charge in [-0.1, -0.05) is 0 Å². The minimum Gasteiger partial charge on any atom is -0.466 e. The first-order chi connectivity index (χ1) is 11.7. The van der Waals surface area contributed by atoms with Gasteiger partial charge in [0.1, 0.15) is 17.1 Å². The van der Waals surface area contributed by atoms with Crippen LogP contribution in [-0.2, 0) is 19.2 Å². The highest BCUT2D eigenvalue weighted by atomic mass is 16.3. The van der Waals surface area contributed by atoms with Crippen LogP contribution in [0.25, 0.3) is 0 Å². The highest BCUT2D eigenvalue weighted by molar-refractivity contribution is 5.79. The van der Waals surface area contributed by atoms with E-state index in [0.29, 0.717) is 19.0 Å². The maximum absolute atomic E-state index is 10.8. The third-order valence-corrected chi connectivity index (χ3v) is 4.54. The van der Waals surface area contributed by atoms with Gasteiger partial charge in [-0.15, -0.1) is 0 Å². The molecular weight excluding hydrogens is 318 g/mol. The zero-order valence-electron chi connectivity index (χ0n) is 16.2. The lowest BCUT2D eigenvalue weighted by Gasteiger charge is -2.24. The van der Waals surface area contributed by atoms with Crippen LogP contribution in [0.4, 0.5) is 0 Å². The number of hydrogen-bond acceptors (Lipinski definition) is 4. The van der Waals surface area contributed by atoms with E-state index in [2.05, 4.69) is 20.7 Å². The molecule has 0 spiro atoms. The minimum absolute atomic E-state index is 0.317. The van der Waals surface area contributed by atoms with Gasteiger partial charge < -0.3 is 20.2 Å². The molecule has 2 heterocycles. The van der Waals surface area contributed by atoms with E-state index in [1.807, 2.05) is 45.5 Å². The van der Waals surface area contributed by atoms with Crippen LogP contribution in [0.1, 0.15) is 41.0 Å². The zero-order chi connectivity index (χ0) is 18.8. The Kier molecular flexibility index (Phi) is 5.57. The molecule has 0 saturated heterocycles. The van der Waals surface area contributed by atoms with Gasteiger partial charge in [-0.2, -0.15) is 5.10 Å². The van der Waals surface area contributed by atoms with Crippen LogP contribution in [0.15, 0.2) is 15.5 Å². The Labute approximate surface area is 149 Å². The number of furan rings is 1. The molecule has 3 N–H and O–H groups in total. The molecule has 0 amide bonds. The van der Waals surface area contributed by atoms with Gasteiger partial charge in [0.15, 0.2) is 5.96 Å². The minimum atomic E-state index is -1.06. The fourth-order valence-corrected chi connectivity index (χ4v) is 2.98. The summed E-state index contributed by atoms with van der Waals surface area (Å²) < 4.78 is 7.40. The Morgan fingerprint density at radius 3 is 2.48 bits per heavy atom. The van der Waals surface area contributed by atoms with Gasteiger partial charge in [0.2, 0.25) is 0 Å². The Morgan fingerprint density at radius 1 is 1.32 bits per heavy atom. The molecule has 7 nitrogen and oxygen atoms in total. The second kappa shape index (κ2) is 7.31. The number of aromatic nitrogens is 2. The summed E-state index contributed by atoms with van der Waals surface area (Å²) in [6.45, 7) is 10.5. The predicted octanol–water partition coefficient (Wildman–Crippen LogP) is 1.82. The molecule has 2 aromatic heterocycles. The van der Waals surface area contributed by atoms with Crippen LogP contribution < -0.4 is 10.6 Å². The molecule has 7 heteroatoms. The molecule has 2 aromatic rings. The number of rotatable bonds is 5. The van der Waals surface area contributed by atoms with Gasteiger partial charge in [-0.3, -0.25) is 9.67 Å². The van der Waals surface area contributed by atoms with Crippen molar-refractivity contribution in [2.45, 2.75) is 46.8 Å². The van der Waals surface area contributed by atoms with E-state index in [-0.39, 0.29) is 0 Å². The average molecular weight is 347 g/mol. The van der Waals surface area contributed by atoms with Crippen LogP contribution >= 0.6 is 0 Å². The lowest BCUT2D eigenvalue weighted by Crippen LogP contribution is -2.44. The first-order valence-electron chi connectivity index (χ1n) is 8.39. The first-order valence-corrected chi connectivity index (χ1v) is 8.39. The molecule has 0 aliphatic heterocycles. The van der Waals surface area contributed by atoms with Crippen molar-refractivity contribution in [2.75, 3.05) is 13.6 Å². The van der Waals surface area contributed by atoms with Gasteiger partial charge in [0.05, 0.1) is 12.2 Å². The number of hydrogen-bond donors (Lipinski definition) is 3. The highest BCUT2D eigenvalue weighted by Gasteiger charge is 2.27. The Morgan fingerprint density at radius 2 is 2.00 bits per heavy atom. The summed E-state index contributed by atoms with van der Waals surface area (Å²) in [6, 6.07) is 1.87. The van der Waals surface area contributed by atoms with Crippen molar-refractivity contribution in [3.63, 3.8) is 0 Å². The summed E-state index contributed by atoms with van der Waals surface area (Å²) in [4.78, 5) is 4.23. The predicted molar refractivity (Wildman–Crippen MR) is 98.6 cm³/mol. The smallest absolute Gasteiger partial charge is 0.191 e. The van der Waals surface area contributed by atoms with Crippen molar-refractivity contribution in [1.82, 2.24) is 20.4 Å². The van der Waals surface area contributed by atoms with Gasteiger partial charge in [0.25, 0.3) is 0 Å². The molecule has 1 unspecified atom stereocenters. The quantitative estimate of drug-likeness (QED) is 0.567. The van der Waals surface area contributed by atoms with E-state index >= 15 is 0 Å². The molecule has 25 heavy (non-hydrogen) atoms. The summed E-state index contributed by atoms with van der Waals surface area (Å²) in [7, 11) is 3.64. The largest absolute Gasteiger partial charge is 0.466 e. The van der Waals surface area contributed by atoms with E-state index in [0.717, 1.165) is 34.0 Å². The maximum Gasteiger partial charge on any atom is 0.191 e. The second-order valence-corrected chi connectivity index (χ2v) is 6.65. The van der Waals surface area contributed by atoms with E-state index in [1.54, 1.807) is 14.0 Å². The van der Waals surface area contributed by atoms with Gasteiger partial charge in [-0.05, 0) is 40.7 Å². The standard InChI is InChI=1S/C18H29N5O2/c1-11-8-16(14(4)25-11)18(5,24)10-21-17(19-6)20-9-15-12(2)22-23(7)13(15)3/h8,24H,9-10H2,1-7H3,(H2,19,20,21). The van der Waals surface area contributed by atoms with E-state index in [9.17, 15) is 5.11 Å². The number of aliphatic hydroxyl groups is 1. The van der Waals surface area contributed by atoms with Crippen LogP contribution in [0, 0.1) is 27.7 Å². The second-order valence-electron chi connectivity index (χ2n) is 6.65. The number of nitrogens with zero attached hydrogens (tertiary/aromatic N) is 3.